The van der Waals surface area contributed by atoms with Crippen molar-refractivity contribution >= 4 is 30.1 Å². The third kappa shape index (κ3) is 3.60. The first-order chi connectivity index (χ1) is 11.3. The van der Waals surface area contributed by atoms with Crippen LogP contribution < -0.4 is 10.7 Å². The lowest BCUT2D eigenvalue weighted by atomic mass is 10.2. The highest BCUT2D eigenvalue weighted by molar-refractivity contribution is 7.71. The number of carbonyl (C=O) groups is 1. The highest BCUT2D eigenvalue weighted by atomic mass is 32.1. The zero-order valence-corrected chi connectivity index (χ0v) is 14.0. The van der Waals surface area contributed by atoms with E-state index >= 15 is 0 Å². The second-order valence-corrected chi connectivity index (χ2v) is 5.61. The Kier molecular flexibility index (Phi) is 5.30. The van der Waals surface area contributed by atoms with Crippen LogP contribution in [0.3, 0.4) is 0 Å². The van der Waals surface area contributed by atoms with Gasteiger partial charge in [0.1, 0.15) is 5.56 Å². The lowest BCUT2D eigenvalue weighted by molar-refractivity contribution is -0.255. The first-order valence-electron chi connectivity index (χ1n) is 7.28. The van der Waals surface area contributed by atoms with Crippen LogP contribution in [0.15, 0.2) is 34.1 Å². The van der Waals surface area contributed by atoms with E-state index in [0.29, 0.717) is 12.1 Å². The molecule has 8 heteroatoms. The minimum absolute atomic E-state index is 0.0293. The van der Waals surface area contributed by atoms with Crippen LogP contribution in [0.4, 0.5) is 5.69 Å². The lowest BCUT2D eigenvalue weighted by Crippen LogP contribution is -2.21. The molecule has 126 valence electrons. The SMILES string of the molecule is CC[C@@H](C)n1c(O)c(C=Nc2cccc(C(=O)[O-])c2)c(=O)[nH]c1=S. The number of benzene rings is 1. The Balaban J connectivity index is 2.50. The van der Waals surface area contributed by atoms with E-state index in [1.165, 1.54) is 29.0 Å². The van der Waals surface area contributed by atoms with Crippen LogP contribution in [0.5, 0.6) is 5.88 Å². The first-order valence-corrected chi connectivity index (χ1v) is 7.69. The van der Waals surface area contributed by atoms with Crippen LogP contribution in [0.2, 0.25) is 0 Å². The molecule has 0 spiro atoms. The molecule has 0 bridgehead atoms. The van der Waals surface area contributed by atoms with Crippen molar-refractivity contribution in [1.29, 1.82) is 0 Å². The maximum atomic E-state index is 12.0. The van der Waals surface area contributed by atoms with Gasteiger partial charge in [-0.05, 0) is 43.3 Å². The summed E-state index contributed by atoms with van der Waals surface area (Å²) in [6, 6.07) is 5.65. The van der Waals surface area contributed by atoms with Gasteiger partial charge in [0.2, 0.25) is 5.88 Å². The highest BCUT2D eigenvalue weighted by Crippen LogP contribution is 2.21. The number of carboxylic acids is 1. The third-order valence-corrected chi connectivity index (χ3v) is 3.91. The molecule has 0 radical (unpaired) electrons. The molecule has 0 aliphatic carbocycles. The van der Waals surface area contributed by atoms with Crippen molar-refractivity contribution in [2.24, 2.45) is 4.99 Å². The maximum Gasteiger partial charge on any atom is 0.264 e. The van der Waals surface area contributed by atoms with E-state index in [0.717, 1.165) is 0 Å². The van der Waals surface area contributed by atoms with Crippen molar-refractivity contribution < 1.29 is 15.0 Å². The average Bonchev–Trinajstić information content (AvgIpc) is 2.54. The summed E-state index contributed by atoms with van der Waals surface area (Å²) in [7, 11) is 0. The van der Waals surface area contributed by atoms with Crippen LogP contribution >= 0.6 is 12.2 Å². The zero-order valence-electron chi connectivity index (χ0n) is 13.1. The number of nitrogens with one attached hydrogen (secondary N) is 1. The minimum Gasteiger partial charge on any atom is -0.545 e. The summed E-state index contributed by atoms with van der Waals surface area (Å²) in [4.78, 5) is 29.4. The number of carboxylic acid groups (broad SMARTS) is 1. The average molecular weight is 346 g/mol. The fraction of sp³-hybridized carbons (Fsp3) is 0.250. The number of hydrogen-bond donors (Lipinski definition) is 2. The Morgan fingerprint density at radius 2 is 2.25 bits per heavy atom. The first kappa shape index (κ1) is 17.6. The van der Waals surface area contributed by atoms with E-state index in [4.69, 9.17) is 12.2 Å². The number of nitrogens with zero attached hydrogens (tertiary/aromatic N) is 2. The molecule has 1 aromatic carbocycles. The van der Waals surface area contributed by atoms with Crippen LogP contribution in [-0.4, -0.2) is 26.8 Å². The van der Waals surface area contributed by atoms with Crippen LogP contribution in [0.25, 0.3) is 0 Å². The molecule has 0 saturated heterocycles. The number of H-pyrrole nitrogens is 1. The van der Waals surface area contributed by atoms with Gasteiger partial charge in [-0.25, -0.2) is 0 Å². The van der Waals surface area contributed by atoms with Gasteiger partial charge in [0.25, 0.3) is 5.56 Å². The van der Waals surface area contributed by atoms with Gasteiger partial charge >= 0.3 is 0 Å². The molecule has 0 unspecified atom stereocenters. The number of aromatic nitrogens is 2. The standard InChI is InChI=1S/C16H17N3O4S/c1-3-9(2)19-14(21)12(13(20)18-16(19)24)8-17-11-6-4-5-10(7-11)15(22)23/h4-9,21H,3H2,1-2H3,(H,22,23)(H,18,20,24)/p-1/t9-/m1/s1. The Bertz CT molecular complexity index is 914. The van der Waals surface area contributed by atoms with Gasteiger partial charge in [-0.1, -0.05) is 19.1 Å². The van der Waals surface area contributed by atoms with Gasteiger partial charge in [-0.2, -0.15) is 0 Å². The highest BCUT2D eigenvalue weighted by Gasteiger charge is 2.14. The predicted molar refractivity (Wildman–Crippen MR) is 90.6 cm³/mol. The lowest BCUT2D eigenvalue weighted by Gasteiger charge is -2.16. The van der Waals surface area contributed by atoms with Gasteiger partial charge in [-0.15, -0.1) is 0 Å². The normalized spacial score (nSPS) is 12.4. The van der Waals surface area contributed by atoms with E-state index < -0.39 is 11.5 Å². The third-order valence-electron chi connectivity index (χ3n) is 3.61. The molecular weight excluding hydrogens is 330 g/mol. The van der Waals surface area contributed by atoms with Crippen LogP contribution in [0, 0.1) is 4.77 Å². The molecule has 0 fully saturated rings. The number of aromatic hydroxyl groups is 1. The summed E-state index contributed by atoms with van der Waals surface area (Å²) < 4.78 is 1.57. The van der Waals surface area contributed by atoms with Gasteiger partial charge < -0.3 is 15.0 Å². The van der Waals surface area contributed by atoms with E-state index in [1.807, 2.05) is 13.8 Å². The molecule has 0 aliphatic rings. The number of carbonyl (C=O) groups excluding carboxylic acids is 1. The van der Waals surface area contributed by atoms with Crippen LogP contribution in [0.1, 0.15) is 42.2 Å². The zero-order chi connectivity index (χ0) is 17.9. The Morgan fingerprint density at radius 1 is 1.54 bits per heavy atom. The predicted octanol–water partition coefficient (Wildman–Crippen LogP) is 1.70. The van der Waals surface area contributed by atoms with Gasteiger partial charge in [-0.3, -0.25) is 19.3 Å². The summed E-state index contributed by atoms with van der Waals surface area (Å²) in [5.74, 6) is -1.60. The van der Waals surface area contributed by atoms with Crippen molar-refractivity contribution in [3.05, 3.63) is 50.5 Å². The molecule has 0 amide bonds. The molecular formula is C16H16N3O4S-. The smallest absolute Gasteiger partial charge is 0.264 e. The van der Waals surface area contributed by atoms with Crippen molar-refractivity contribution in [3.63, 3.8) is 0 Å². The Labute approximate surface area is 142 Å². The quantitative estimate of drug-likeness (QED) is 0.632. The van der Waals surface area contributed by atoms with Gasteiger partial charge in [0, 0.05) is 12.3 Å². The molecule has 1 atom stereocenters. The molecule has 2 N–H and O–H groups in total. The summed E-state index contributed by atoms with van der Waals surface area (Å²) >= 11 is 5.08. The van der Waals surface area contributed by atoms with Gasteiger partial charge in [0.15, 0.2) is 4.77 Å². The second kappa shape index (κ2) is 7.22. The maximum absolute atomic E-state index is 12.0. The molecule has 0 saturated carbocycles. The number of aliphatic imine (C=N–C) groups is 1. The van der Waals surface area contributed by atoms with Crippen molar-refractivity contribution in [2.45, 2.75) is 26.3 Å². The van der Waals surface area contributed by atoms with Crippen molar-refractivity contribution in [1.82, 2.24) is 9.55 Å². The molecule has 2 aromatic rings. The summed E-state index contributed by atoms with van der Waals surface area (Å²) in [5, 5.41) is 21.2. The Hall–Kier alpha value is -2.74. The fourth-order valence-electron chi connectivity index (χ4n) is 2.11. The topological polar surface area (TPSA) is 111 Å². The number of aromatic carboxylic acids is 1. The number of hydrogen-bond acceptors (Lipinski definition) is 6. The molecule has 24 heavy (non-hydrogen) atoms. The van der Waals surface area contributed by atoms with Crippen molar-refractivity contribution in [2.75, 3.05) is 0 Å². The molecule has 2 rings (SSSR count). The molecule has 1 aromatic heterocycles. The molecule has 1 heterocycles. The summed E-state index contributed by atoms with van der Waals surface area (Å²) in [5.41, 5.74) is -0.342. The monoisotopic (exact) mass is 346 g/mol. The minimum atomic E-state index is -1.32. The molecule has 7 nitrogen and oxygen atoms in total. The summed E-state index contributed by atoms with van der Waals surface area (Å²) in [6.45, 7) is 3.79. The van der Waals surface area contributed by atoms with Crippen molar-refractivity contribution in [3.8, 4) is 5.88 Å². The largest absolute Gasteiger partial charge is 0.545 e. The van der Waals surface area contributed by atoms with E-state index in [9.17, 15) is 19.8 Å². The van der Waals surface area contributed by atoms with Crippen LogP contribution in [-0.2, 0) is 0 Å². The van der Waals surface area contributed by atoms with E-state index in [2.05, 4.69) is 9.98 Å². The summed E-state index contributed by atoms with van der Waals surface area (Å²) in [6.07, 6.45) is 1.88. The van der Waals surface area contributed by atoms with E-state index in [1.54, 1.807) is 6.07 Å². The van der Waals surface area contributed by atoms with E-state index in [-0.39, 0.29) is 27.8 Å². The Morgan fingerprint density at radius 3 is 2.88 bits per heavy atom. The second-order valence-electron chi connectivity index (χ2n) is 5.22. The number of rotatable bonds is 5. The number of aromatic amines is 1. The fourth-order valence-corrected chi connectivity index (χ4v) is 2.47. The molecule has 0 aliphatic heterocycles. The van der Waals surface area contributed by atoms with Gasteiger partial charge in [0.05, 0.1) is 11.7 Å².